The fourth-order valence-electron chi connectivity index (χ4n) is 2.10. The Hall–Kier alpha value is -1.11. The molecule has 1 fully saturated rings. The molecule has 2 rings (SSSR count). The summed E-state index contributed by atoms with van der Waals surface area (Å²) in [4.78, 5) is 4.28. The third-order valence-corrected chi connectivity index (χ3v) is 4.11. The van der Waals surface area contributed by atoms with Crippen LogP contribution in [0.5, 0.6) is 0 Å². The lowest BCUT2D eigenvalue weighted by molar-refractivity contribution is 0.00578. The molecule has 1 aromatic heterocycles. The smallest absolute Gasteiger partial charge is 0.398 e. The molecule has 0 unspecified atom stereocenters. The van der Waals surface area contributed by atoms with E-state index in [0.717, 1.165) is 0 Å². The Morgan fingerprint density at radius 3 is 2.15 bits per heavy atom. The zero-order chi connectivity index (χ0) is 15.3. The van der Waals surface area contributed by atoms with Crippen LogP contribution < -0.4 is 11.3 Å². The summed E-state index contributed by atoms with van der Waals surface area (Å²) in [5.41, 5.74) is 5.70. The Morgan fingerprint density at radius 1 is 1.20 bits per heavy atom. The summed E-state index contributed by atoms with van der Waals surface area (Å²) < 4.78 is 11.9. The normalized spacial score (nSPS) is 21.2. The van der Waals surface area contributed by atoms with Crippen LogP contribution in [0.1, 0.15) is 47.1 Å². The molecule has 5 nitrogen and oxygen atoms in total. The molecule has 1 saturated heterocycles. The summed E-state index contributed by atoms with van der Waals surface area (Å²) in [6.45, 7) is 11.3. The van der Waals surface area contributed by atoms with E-state index in [4.69, 9.17) is 15.0 Å². The summed E-state index contributed by atoms with van der Waals surface area (Å²) in [6, 6.07) is 1.75. The molecule has 0 aliphatic carbocycles. The Kier molecular flexibility index (Phi) is 3.40. The number of hydrogen-bond donors (Lipinski definition) is 2. The molecule has 3 N–H and O–H groups in total. The molecular formula is C14H23BN2O3. The predicted molar refractivity (Wildman–Crippen MR) is 79.6 cm³/mol. The van der Waals surface area contributed by atoms with Crippen molar-refractivity contribution < 1.29 is 14.4 Å². The van der Waals surface area contributed by atoms with Gasteiger partial charge in [-0.05, 0) is 47.6 Å². The second-order valence-corrected chi connectivity index (χ2v) is 6.84. The lowest BCUT2D eigenvalue weighted by Gasteiger charge is -2.32. The maximum absolute atomic E-state index is 10.2. The first kappa shape index (κ1) is 15.3. The zero-order valence-electron chi connectivity index (χ0n) is 13.0. The van der Waals surface area contributed by atoms with Crippen molar-refractivity contribution in [2.45, 2.75) is 58.3 Å². The molecule has 0 amide bonds. The first-order chi connectivity index (χ1) is 8.94. The van der Waals surface area contributed by atoms with Crippen LogP contribution in [-0.4, -0.2) is 28.4 Å². The van der Waals surface area contributed by atoms with Crippen molar-refractivity contribution in [3.63, 3.8) is 0 Å². The van der Waals surface area contributed by atoms with Gasteiger partial charge in [-0.2, -0.15) is 0 Å². The molecule has 1 aliphatic heterocycles. The Bertz CT molecular complexity index is 508. The highest BCUT2D eigenvalue weighted by Crippen LogP contribution is 2.36. The van der Waals surface area contributed by atoms with Crippen molar-refractivity contribution in [3.05, 3.63) is 17.8 Å². The van der Waals surface area contributed by atoms with Crippen molar-refractivity contribution in [1.82, 2.24) is 4.98 Å². The third kappa shape index (κ3) is 2.55. The summed E-state index contributed by atoms with van der Waals surface area (Å²) in [5, 5.41) is 10.2. The first-order valence-electron chi connectivity index (χ1n) is 6.78. The molecule has 0 atom stereocenters. The largest absolute Gasteiger partial charge is 0.514 e. The fourth-order valence-corrected chi connectivity index (χ4v) is 2.10. The van der Waals surface area contributed by atoms with E-state index in [1.54, 1.807) is 19.9 Å². The molecule has 0 bridgehead atoms. The predicted octanol–water partition coefficient (Wildman–Crippen LogP) is 1.19. The van der Waals surface area contributed by atoms with Crippen molar-refractivity contribution in [2.24, 2.45) is 0 Å². The summed E-state index contributed by atoms with van der Waals surface area (Å²) in [6.07, 6.45) is 1.54. The maximum atomic E-state index is 10.2. The average molecular weight is 278 g/mol. The van der Waals surface area contributed by atoms with Crippen LogP contribution in [0.25, 0.3) is 0 Å². The van der Waals surface area contributed by atoms with Crippen molar-refractivity contribution >= 4 is 18.4 Å². The van der Waals surface area contributed by atoms with E-state index < -0.39 is 23.9 Å². The number of anilines is 1. The van der Waals surface area contributed by atoms with Gasteiger partial charge in [-0.3, -0.25) is 4.98 Å². The Balaban J connectivity index is 2.37. The molecule has 2 heterocycles. The molecule has 1 aromatic rings. The van der Waals surface area contributed by atoms with Gasteiger partial charge in [0, 0.05) is 11.8 Å². The fraction of sp³-hybridized carbons (Fsp3) is 0.643. The van der Waals surface area contributed by atoms with E-state index in [9.17, 15) is 5.11 Å². The third-order valence-electron chi connectivity index (χ3n) is 4.11. The monoisotopic (exact) mass is 278 g/mol. The topological polar surface area (TPSA) is 77.6 Å². The van der Waals surface area contributed by atoms with Gasteiger partial charge in [0.05, 0.1) is 28.1 Å². The van der Waals surface area contributed by atoms with Crippen LogP contribution in [0.3, 0.4) is 0 Å². The van der Waals surface area contributed by atoms with Crippen LogP contribution in [0, 0.1) is 0 Å². The second kappa shape index (κ2) is 4.45. The van der Waals surface area contributed by atoms with Crippen molar-refractivity contribution in [1.29, 1.82) is 0 Å². The highest BCUT2D eigenvalue weighted by Gasteiger charge is 2.52. The van der Waals surface area contributed by atoms with E-state index in [-0.39, 0.29) is 0 Å². The van der Waals surface area contributed by atoms with Gasteiger partial charge in [-0.1, -0.05) is 0 Å². The molecule has 6 heteroatoms. The lowest BCUT2D eigenvalue weighted by Crippen LogP contribution is -2.41. The van der Waals surface area contributed by atoms with Gasteiger partial charge in [0.25, 0.3) is 0 Å². The number of aliphatic hydroxyl groups is 1. The van der Waals surface area contributed by atoms with Crippen LogP contribution >= 0.6 is 0 Å². The number of nitrogens with zero attached hydrogens (tertiary/aromatic N) is 1. The minimum absolute atomic E-state index is 0.421. The SMILES string of the molecule is CC(C)(O)c1cc(B2OC(C)(C)C(C)(C)O2)ncc1N. The highest BCUT2D eigenvalue weighted by atomic mass is 16.7. The van der Waals surface area contributed by atoms with Crippen LogP contribution in [0.15, 0.2) is 12.3 Å². The summed E-state index contributed by atoms with van der Waals surface area (Å²) in [7, 11) is -0.554. The number of nitrogen functional groups attached to an aromatic ring is 1. The molecule has 20 heavy (non-hydrogen) atoms. The van der Waals surface area contributed by atoms with Gasteiger partial charge >= 0.3 is 7.12 Å². The van der Waals surface area contributed by atoms with E-state index >= 15 is 0 Å². The number of aromatic nitrogens is 1. The van der Waals surface area contributed by atoms with Gasteiger partial charge in [0.15, 0.2) is 0 Å². The quantitative estimate of drug-likeness (QED) is 0.794. The molecular weight excluding hydrogens is 255 g/mol. The van der Waals surface area contributed by atoms with E-state index in [1.807, 2.05) is 27.7 Å². The van der Waals surface area contributed by atoms with Gasteiger partial charge in [-0.25, -0.2) is 0 Å². The molecule has 0 aromatic carbocycles. The Labute approximate surface area is 120 Å². The minimum Gasteiger partial charge on any atom is -0.398 e. The van der Waals surface area contributed by atoms with E-state index in [1.165, 1.54) is 6.20 Å². The van der Waals surface area contributed by atoms with E-state index in [0.29, 0.717) is 16.8 Å². The summed E-state index contributed by atoms with van der Waals surface area (Å²) in [5.74, 6) is 0. The Morgan fingerprint density at radius 2 is 1.70 bits per heavy atom. The number of rotatable bonds is 2. The molecule has 110 valence electrons. The molecule has 1 aliphatic rings. The zero-order valence-corrected chi connectivity index (χ0v) is 13.0. The molecule has 0 saturated carbocycles. The van der Waals surface area contributed by atoms with Crippen molar-refractivity contribution in [3.8, 4) is 0 Å². The molecule has 0 spiro atoms. The summed E-state index contributed by atoms with van der Waals surface area (Å²) >= 11 is 0. The molecule has 0 radical (unpaired) electrons. The number of hydrogen-bond acceptors (Lipinski definition) is 5. The number of pyridine rings is 1. The minimum atomic E-state index is -1.04. The van der Waals surface area contributed by atoms with E-state index in [2.05, 4.69) is 4.98 Å². The lowest BCUT2D eigenvalue weighted by atomic mass is 9.81. The van der Waals surface area contributed by atoms with Crippen LogP contribution in [-0.2, 0) is 14.9 Å². The standard InChI is InChI=1S/C14H23BN2O3/c1-12(2,18)9-7-11(17-8-10(9)16)15-19-13(3,4)14(5,6)20-15/h7-8,18H,16H2,1-6H3. The van der Waals surface area contributed by atoms with Crippen LogP contribution in [0.2, 0.25) is 0 Å². The van der Waals surface area contributed by atoms with Gasteiger partial charge in [-0.15, -0.1) is 0 Å². The highest BCUT2D eigenvalue weighted by molar-refractivity contribution is 6.61. The van der Waals surface area contributed by atoms with Crippen LogP contribution in [0.4, 0.5) is 5.69 Å². The van der Waals surface area contributed by atoms with Gasteiger partial charge in [0.1, 0.15) is 0 Å². The number of nitrogens with two attached hydrogens (primary N) is 1. The average Bonchev–Trinajstić information content (AvgIpc) is 2.47. The van der Waals surface area contributed by atoms with Gasteiger partial charge in [0.2, 0.25) is 0 Å². The van der Waals surface area contributed by atoms with Crippen molar-refractivity contribution in [2.75, 3.05) is 5.73 Å². The van der Waals surface area contributed by atoms with Gasteiger partial charge < -0.3 is 20.1 Å². The second-order valence-electron chi connectivity index (χ2n) is 6.84. The first-order valence-corrected chi connectivity index (χ1v) is 6.78. The maximum Gasteiger partial charge on any atom is 0.514 e.